The third kappa shape index (κ3) is 1.06. The van der Waals surface area contributed by atoms with E-state index in [1.54, 1.807) is 12.4 Å². The Labute approximate surface area is 74.2 Å². The highest BCUT2D eigenvalue weighted by atomic mass is 79.9. The van der Waals surface area contributed by atoms with Gasteiger partial charge in [-0.25, -0.2) is 4.98 Å². The van der Waals surface area contributed by atoms with E-state index in [1.165, 1.54) is 0 Å². The summed E-state index contributed by atoms with van der Waals surface area (Å²) < 4.78 is 2.82. The van der Waals surface area contributed by atoms with E-state index in [0.717, 1.165) is 15.6 Å². The molecule has 5 heteroatoms. The summed E-state index contributed by atoms with van der Waals surface area (Å²) >= 11 is 3.38. The Morgan fingerprint density at radius 2 is 2.09 bits per heavy atom. The monoisotopic (exact) mass is 229 g/mol. The van der Waals surface area contributed by atoms with E-state index in [4.69, 9.17) is 0 Å². The number of halogens is 1. The zero-order chi connectivity index (χ0) is 7.84. The topological polar surface area (TPSA) is 30.7 Å². The maximum absolute atomic E-state index is 4.16. The fourth-order valence-corrected chi connectivity index (χ4v) is 1.99. The lowest BCUT2D eigenvalue weighted by Gasteiger charge is -1.90. The van der Waals surface area contributed by atoms with Gasteiger partial charge in [-0.2, -0.15) is 0 Å². The van der Waals surface area contributed by atoms with Crippen molar-refractivity contribution >= 4 is 36.5 Å². The van der Waals surface area contributed by atoms with Gasteiger partial charge in [-0.3, -0.25) is 4.98 Å². The van der Waals surface area contributed by atoms with Crippen molar-refractivity contribution in [2.75, 3.05) is 0 Å². The van der Waals surface area contributed by atoms with Gasteiger partial charge in [0.05, 0.1) is 4.47 Å². The number of nitrogens with zero attached hydrogens (tertiary/aromatic N) is 3. The zero-order valence-electron chi connectivity index (χ0n) is 5.53. The predicted octanol–water partition coefficient (Wildman–Crippen LogP) is 1.83. The molecule has 2 aromatic heterocycles. The minimum atomic E-state index is 0.865. The summed E-state index contributed by atoms with van der Waals surface area (Å²) in [5.74, 6) is 0. The zero-order valence-corrected chi connectivity index (χ0v) is 8.27. The van der Waals surface area contributed by atoms with Gasteiger partial charge < -0.3 is 4.34 Å². The van der Waals surface area contributed by atoms with E-state index >= 15 is 0 Å². The van der Waals surface area contributed by atoms with Crippen LogP contribution in [0.5, 0.6) is 0 Å². The Balaban J connectivity index is 2.95. The van der Waals surface area contributed by atoms with Crippen LogP contribution in [0.15, 0.2) is 23.1 Å². The van der Waals surface area contributed by atoms with Gasteiger partial charge in [-0.1, -0.05) is 0 Å². The lowest BCUT2D eigenvalue weighted by Crippen LogP contribution is -1.81. The molecule has 0 radical (unpaired) electrons. The van der Waals surface area contributed by atoms with Crippen LogP contribution in [0.4, 0.5) is 0 Å². The summed E-state index contributed by atoms with van der Waals surface area (Å²) in [6.07, 6.45) is 5.27. The second kappa shape index (κ2) is 2.54. The van der Waals surface area contributed by atoms with Gasteiger partial charge in [0.15, 0.2) is 5.65 Å². The molecule has 1 unspecified atom stereocenters. The van der Waals surface area contributed by atoms with Gasteiger partial charge in [0, 0.05) is 18.6 Å². The van der Waals surface area contributed by atoms with Gasteiger partial charge in [0.25, 0.3) is 0 Å². The summed E-state index contributed by atoms with van der Waals surface area (Å²) in [7, 11) is 2.55. The molecule has 0 bridgehead atoms. The molecule has 0 aliphatic rings. The predicted molar refractivity (Wildman–Crippen MR) is 50.3 cm³/mol. The first-order valence-electron chi connectivity index (χ1n) is 3.01. The third-order valence-electron chi connectivity index (χ3n) is 1.40. The average Bonchev–Trinajstić information content (AvgIpc) is 2.30. The minimum absolute atomic E-state index is 0.865. The summed E-state index contributed by atoms with van der Waals surface area (Å²) in [5, 5.41) is 0. The molecule has 2 heterocycles. The molecule has 2 aromatic rings. The third-order valence-corrected chi connectivity index (χ3v) is 2.38. The molecule has 3 nitrogen and oxygen atoms in total. The van der Waals surface area contributed by atoms with Crippen LogP contribution < -0.4 is 0 Å². The van der Waals surface area contributed by atoms with E-state index in [2.05, 4.69) is 35.3 Å². The summed E-state index contributed by atoms with van der Waals surface area (Å²) in [6.45, 7) is 0. The SMILES string of the molecule is Pn1cc(Br)c2nccnc21. The molecule has 2 rings (SSSR count). The molecule has 0 saturated carbocycles. The molecule has 0 aliphatic carbocycles. The van der Waals surface area contributed by atoms with Gasteiger partial charge in [0.2, 0.25) is 0 Å². The minimum Gasteiger partial charge on any atom is -0.314 e. The van der Waals surface area contributed by atoms with Crippen molar-refractivity contribution < 1.29 is 0 Å². The second-order valence-corrected chi connectivity index (χ2v) is 3.52. The van der Waals surface area contributed by atoms with Crippen LogP contribution in [-0.2, 0) is 0 Å². The highest BCUT2D eigenvalue weighted by molar-refractivity contribution is 9.10. The largest absolute Gasteiger partial charge is 0.314 e. The van der Waals surface area contributed by atoms with Crippen LogP contribution in [0.25, 0.3) is 11.2 Å². The van der Waals surface area contributed by atoms with Gasteiger partial charge >= 0.3 is 0 Å². The molecule has 11 heavy (non-hydrogen) atoms. The number of fused-ring (bicyclic) bond motifs is 1. The Hall–Kier alpha value is -0.470. The van der Waals surface area contributed by atoms with Crippen LogP contribution >= 0.6 is 25.3 Å². The Morgan fingerprint density at radius 3 is 2.82 bits per heavy atom. The van der Waals surface area contributed by atoms with Crippen molar-refractivity contribution in [3.63, 3.8) is 0 Å². The Kier molecular flexibility index (Phi) is 1.66. The molecular formula is C6H5BrN3P. The van der Waals surface area contributed by atoms with Gasteiger partial charge in [0.1, 0.15) is 5.52 Å². The molecule has 0 aromatic carbocycles. The van der Waals surface area contributed by atoms with Crippen LogP contribution in [-0.4, -0.2) is 14.3 Å². The van der Waals surface area contributed by atoms with Crippen molar-refractivity contribution in [2.24, 2.45) is 0 Å². The van der Waals surface area contributed by atoms with Crippen LogP contribution in [0.1, 0.15) is 0 Å². The molecule has 56 valence electrons. The fraction of sp³-hybridized carbons (Fsp3) is 0. The van der Waals surface area contributed by atoms with Gasteiger partial charge in [-0.15, -0.1) is 0 Å². The fourth-order valence-electron chi connectivity index (χ4n) is 0.933. The first-order valence-corrected chi connectivity index (χ1v) is 4.32. The number of aromatic nitrogens is 3. The van der Waals surface area contributed by atoms with Crippen molar-refractivity contribution in [2.45, 2.75) is 0 Å². The number of hydrogen-bond donors (Lipinski definition) is 0. The molecule has 0 amide bonds. The van der Waals surface area contributed by atoms with E-state index < -0.39 is 0 Å². The molecule has 1 atom stereocenters. The average molecular weight is 230 g/mol. The molecule has 0 saturated heterocycles. The molecule has 0 aliphatic heterocycles. The quantitative estimate of drug-likeness (QED) is 0.646. The summed E-state index contributed by atoms with van der Waals surface area (Å²) in [5.41, 5.74) is 1.76. The number of rotatable bonds is 0. The van der Waals surface area contributed by atoms with Crippen molar-refractivity contribution in [3.05, 3.63) is 23.1 Å². The normalized spacial score (nSPS) is 10.7. The first kappa shape index (κ1) is 7.19. The number of hydrogen-bond acceptors (Lipinski definition) is 2. The van der Waals surface area contributed by atoms with Crippen molar-refractivity contribution in [3.8, 4) is 0 Å². The molecule has 0 spiro atoms. The standard InChI is InChI=1S/C6H5BrN3P/c7-4-3-10(11)6-5(4)8-1-2-9-6/h1-3H,11H2. The van der Waals surface area contributed by atoms with Crippen LogP contribution in [0.2, 0.25) is 0 Å². The Bertz CT molecular complexity index is 362. The first-order chi connectivity index (χ1) is 5.29. The highest BCUT2D eigenvalue weighted by Crippen LogP contribution is 2.23. The van der Waals surface area contributed by atoms with Crippen LogP contribution in [0, 0.1) is 0 Å². The van der Waals surface area contributed by atoms with E-state index in [1.807, 2.05) is 10.5 Å². The molecule has 0 fully saturated rings. The van der Waals surface area contributed by atoms with Gasteiger partial charge in [-0.05, 0) is 25.3 Å². The second-order valence-electron chi connectivity index (χ2n) is 2.11. The maximum atomic E-state index is 4.16. The van der Waals surface area contributed by atoms with Crippen molar-refractivity contribution in [1.82, 2.24) is 14.3 Å². The Morgan fingerprint density at radius 1 is 1.36 bits per heavy atom. The molecular weight excluding hydrogens is 225 g/mol. The lowest BCUT2D eigenvalue weighted by atomic mass is 10.5. The smallest absolute Gasteiger partial charge is 0.162 e. The summed E-state index contributed by atoms with van der Waals surface area (Å²) in [4.78, 5) is 8.31. The van der Waals surface area contributed by atoms with E-state index in [0.29, 0.717) is 0 Å². The van der Waals surface area contributed by atoms with E-state index in [9.17, 15) is 0 Å². The maximum Gasteiger partial charge on any atom is 0.162 e. The lowest BCUT2D eigenvalue weighted by molar-refractivity contribution is 1.23. The summed E-state index contributed by atoms with van der Waals surface area (Å²) in [6, 6.07) is 0. The van der Waals surface area contributed by atoms with Crippen molar-refractivity contribution in [1.29, 1.82) is 0 Å². The van der Waals surface area contributed by atoms with Crippen LogP contribution in [0.3, 0.4) is 0 Å². The molecule has 0 N–H and O–H groups in total. The highest BCUT2D eigenvalue weighted by Gasteiger charge is 2.04. The van der Waals surface area contributed by atoms with E-state index in [-0.39, 0.29) is 0 Å².